The number of pyridine rings is 1. The normalized spacial score (nSPS) is 15.5. The van der Waals surface area contributed by atoms with Gasteiger partial charge in [0.2, 0.25) is 5.13 Å². The zero-order chi connectivity index (χ0) is 33.7. The van der Waals surface area contributed by atoms with E-state index in [0.29, 0.717) is 45.9 Å². The van der Waals surface area contributed by atoms with Crippen molar-refractivity contribution in [3.63, 3.8) is 0 Å². The molecule has 0 saturated carbocycles. The summed E-state index contributed by atoms with van der Waals surface area (Å²) in [4.78, 5) is 32.9. The molecule has 0 aliphatic carbocycles. The minimum atomic E-state index is -1.01. The Morgan fingerprint density at radius 1 is 0.878 bits per heavy atom. The van der Waals surface area contributed by atoms with Gasteiger partial charge in [0, 0.05) is 23.7 Å². The number of hydrogen-bond acceptors (Lipinski definition) is 10. The Labute approximate surface area is 290 Å². The SMILES string of the molecule is CCOc1cc(C2C(=C(O)c3ccncc3)C(=O)C(=O)N2c2nnc(SCc3cccc4ccccc34)s2)ccc1OCc1ccccc1. The second kappa shape index (κ2) is 14.3. The summed E-state index contributed by atoms with van der Waals surface area (Å²) in [6.07, 6.45) is 3.02. The average Bonchev–Trinajstić information content (AvgIpc) is 3.72. The molecule has 49 heavy (non-hydrogen) atoms. The molecule has 1 atom stereocenters. The fraction of sp³-hybridized carbons (Fsp3) is 0.132. The number of amides is 1. The summed E-state index contributed by atoms with van der Waals surface area (Å²) in [6, 6.07) is 31.6. The molecule has 1 fully saturated rings. The Morgan fingerprint density at radius 2 is 1.65 bits per heavy atom. The van der Waals surface area contributed by atoms with Gasteiger partial charge in [-0.25, -0.2) is 0 Å². The van der Waals surface area contributed by atoms with Crippen molar-refractivity contribution in [1.82, 2.24) is 15.2 Å². The van der Waals surface area contributed by atoms with Crippen LogP contribution < -0.4 is 14.4 Å². The second-order valence-electron chi connectivity index (χ2n) is 11.1. The number of benzene rings is 4. The number of anilines is 1. The van der Waals surface area contributed by atoms with Gasteiger partial charge in [0.15, 0.2) is 15.8 Å². The van der Waals surface area contributed by atoms with E-state index in [1.54, 1.807) is 30.3 Å². The first-order chi connectivity index (χ1) is 24.0. The summed E-state index contributed by atoms with van der Waals surface area (Å²) in [5.41, 5.74) is 2.96. The summed E-state index contributed by atoms with van der Waals surface area (Å²) in [5.74, 6) is -0.377. The fourth-order valence-electron chi connectivity index (χ4n) is 5.74. The van der Waals surface area contributed by atoms with Crippen LogP contribution in [0.1, 0.15) is 35.2 Å². The van der Waals surface area contributed by atoms with Crippen molar-refractivity contribution < 1.29 is 24.2 Å². The van der Waals surface area contributed by atoms with E-state index in [9.17, 15) is 14.7 Å². The highest BCUT2D eigenvalue weighted by molar-refractivity contribution is 8.00. The van der Waals surface area contributed by atoms with Gasteiger partial charge in [0.05, 0.1) is 18.2 Å². The number of aliphatic hydroxyl groups excluding tert-OH is 1. The molecular formula is C38H30N4O5S2. The number of Topliss-reactive ketones (excluding diaryl/α,β-unsaturated/α-hetero) is 1. The van der Waals surface area contributed by atoms with Gasteiger partial charge in [0.25, 0.3) is 5.78 Å². The van der Waals surface area contributed by atoms with Gasteiger partial charge in [-0.2, -0.15) is 0 Å². The number of aromatic nitrogens is 3. The molecule has 1 amide bonds. The first kappa shape index (κ1) is 32.0. The molecule has 1 saturated heterocycles. The fourth-order valence-corrected chi connectivity index (χ4v) is 7.62. The summed E-state index contributed by atoms with van der Waals surface area (Å²) >= 11 is 2.72. The molecule has 9 nitrogen and oxygen atoms in total. The van der Waals surface area contributed by atoms with Crippen LogP contribution in [0.15, 0.2) is 125 Å². The first-order valence-electron chi connectivity index (χ1n) is 15.6. The maximum atomic E-state index is 13.8. The van der Waals surface area contributed by atoms with Crippen LogP contribution in [0.3, 0.4) is 0 Å². The molecule has 7 rings (SSSR count). The van der Waals surface area contributed by atoms with Crippen LogP contribution in [0.25, 0.3) is 16.5 Å². The number of aliphatic hydroxyl groups is 1. The minimum Gasteiger partial charge on any atom is -0.507 e. The molecule has 1 N–H and O–H groups in total. The molecular weight excluding hydrogens is 657 g/mol. The third-order valence-corrected chi connectivity index (χ3v) is 10.2. The van der Waals surface area contributed by atoms with E-state index in [4.69, 9.17) is 9.47 Å². The van der Waals surface area contributed by atoms with Crippen molar-refractivity contribution >= 4 is 56.5 Å². The van der Waals surface area contributed by atoms with E-state index in [-0.39, 0.29) is 16.5 Å². The molecule has 1 unspecified atom stereocenters. The van der Waals surface area contributed by atoms with Crippen molar-refractivity contribution in [2.75, 3.05) is 11.5 Å². The van der Waals surface area contributed by atoms with Gasteiger partial charge in [-0.3, -0.25) is 19.5 Å². The van der Waals surface area contributed by atoms with Gasteiger partial charge in [-0.1, -0.05) is 102 Å². The third-order valence-electron chi connectivity index (χ3n) is 8.05. The van der Waals surface area contributed by atoms with Gasteiger partial charge in [0.1, 0.15) is 12.4 Å². The summed E-state index contributed by atoms with van der Waals surface area (Å²) in [5, 5.41) is 22.8. The molecule has 244 valence electrons. The monoisotopic (exact) mass is 686 g/mol. The van der Waals surface area contributed by atoms with E-state index in [1.807, 2.05) is 55.5 Å². The molecule has 6 aromatic rings. The van der Waals surface area contributed by atoms with Crippen molar-refractivity contribution in [1.29, 1.82) is 0 Å². The van der Waals surface area contributed by atoms with Crippen LogP contribution >= 0.6 is 23.1 Å². The number of ether oxygens (including phenoxy) is 2. The summed E-state index contributed by atoms with van der Waals surface area (Å²) in [7, 11) is 0. The molecule has 0 bridgehead atoms. The van der Waals surface area contributed by atoms with Gasteiger partial charge in [-0.05, 0) is 58.7 Å². The molecule has 2 aromatic heterocycles. The molecule has 1 aliphatic rings. The highest BCUT2D eigenvalue weighted by Crippen LogP contribution is 2.46. The van der Waals surface area contributed by atoms with Gasteiger partial charge >= 0.3 is 5.91 Å². The van der Waals surface area contributed by atoms with E-state index in [2.05, 4.69) is 39.4 Å². The molecule has 0 spiro atoms. The van der Waals surface area contributed by atoms with E-state index >= 15 is 0 Å². The number of hydrogen-bond donors (Lipinski definition) is 1. The number of thioether (sulfide) groups is 1. The van der Waals surface area contributed by atoms with E-state index in [0.717, 1.165) is 21.9 Å². The topological polar surface area (TPSA) is 115 Å². The number of rotatable bonds is 11. The van der Waals surface area contributed by atoms with Crippen molar-refractivity contribution in [3.8, 4) is 11.5 Å². The second-order valence-corrected chi connectivity index (χ2v) is 13.3. The third kappa shape index (κ3) is 6.63. The zero-order valence-corrected chi connectivity index (χ0v) is 28.0. The maximum Gasteiger partial charge on any atom is 0.301 e. The Hall–Kier alpha value is -5.52. The molecule has 0 radical (unpaired) electrons. The van der Waals surface area contributed by atoms with E-state index in [1.165, 1.54) is 40.4 Å². The lowest BCUT2D eigenvalue weighted by Crippen LogP contribution is -2.29. The molecule has 1 aliphatic heterocycles. The highest BCUT2D eigenvalue weighted by atomic mass is 32.2. The Kier molecular flexibility index (Phi) is 9.36. The van der Waals surface area contributed by atoms with Crippen LogP contribution in [0, 0.1) is 0 Å². The lowest BCUT2D eigenvalue weighted by atomic mass is 9.95. The highest BCUT2D eigenvalue weighted by Gasteiger charge is 2.48. The van der Waals surface area contributed by atoms with Crippen LogP contribution in [0.2, 0.25) is 0 Å². The Balaban J connectivity index is 1.25. The lowest BCUT2D eigenvalue weighted by Gasteiger charge is -2.23. The van der Waals surface area contributed by atoms with Crippen molar-refractivity contribution in [2.45, 2.75) is 29.7 Å². The number of ketones is 1. The standard InChI is InChI=1S/C38H30N4O5S2/c1-2-46-31-21-27(15-16-30(31)47-22-24-9-4-3-5-10-24)33-32(34(43)26-17-19-39-20-18-26)35(44)36(45)42(33)37-40-41-38(49-37)48-23-28-13-8-12-25-11-6-7-14-29(25)28/h3-21,33,43H,2,22-23H2,1H3. The number of fused-ring (bicyclic) bond motifs is 1. The van der Waals surface area contributed by atoms with Crippen LogP contribution in [0.5, 0.6) is 11.5 Å². The number of carbonyl (C=O) groups is 2. The van der Waals surface area contributed by atoms with Crippen LogP contribution in [-0.4, -0.2) is 38.6 Å². The van der Waals surface area contributed by atoms with Crippen LogP contribution in [-0.2, 0) is 21.9 Å². The molecule has 4 aromatic carbocycles. The minimum absolute atomic E-state index is 0.0724. The summed E-state index contributed by atoms with van der Waals surface area (Å²) < 4.78 is 12.7. The predicted octanol–water partition coefficient (Wildman–Crippen LogP) is 7.98. The molecule has 3 heterocycles. The average molecular weight is 687 g/mol. The Morgan fingerprint density at radius 3 is 2.47 bits per heavy atom. The number of nitrogens with zero attached hydrogens (tertiary/aromatic N) is 4. The zero-order valence-electron chi connectivity index (χ0n) is 26.4. The van der Waals surface area contributed by atoms with Crippen LogP contribution in [0.4, 0.5) is 5.13 Å². The summed E-state index contributed by atoms with van der Waals surface area (Å²) in [6.45, 7) is 2.54. The smallest absolute Gasteiger partial charge is 0.301 e. The van der Waals surface area contributed by atoms with Gasteiger partial charge in [-0.15, -0.1) is 10.2 Å². The maximum absolute atomic E-state index is 13.8. The van der Waals surface area contributed by atoms with Crippen molar-refractivity contribution in [2.24, 2.45) is 0 Å². The predicted molar refractivity (Wildman–Crippen MR) is 191 cm³/mol. The Bertz CT molecular complexity index is 2170. The molecule has 11 heteroatoms. The number of carbonyl (C=O) groups excluding carboxylic acids is 2. The lowest BCUT2D eigenvalue weighted by molar-refractivity contribution is -0.132. The van der Waals surface area contributed by atoms with E-state index < -0.39 is 17.7 Å². The largest absolute Gasteiger partial charge is 0.507 e. The van der Waals surface area contributed by atoms with Crippen molar-refractivity contribution in [3.05, 3.63) is 143 Å². The van der Waals surface area contributed by atoms with Gasteiger partial charge < -0.3 is 14.6 Å². The first-order valence-corrected chi connectivity index (χ1v) is 17.4. The quantitative estimate of drug-likeness (QED) is 0.0476.